The van der Waals surface area contributed by atoms with Crippen LogP contribution >= 0.6 is 0 Å². The van der Waals surface area contributed by atoms with Crippen molar-refractivity contribution >= 4 is 23.4 Å². The molecular formula is C22H23N3O4. The fraction of sp³-hybridized carbons (Fsp3) is 0.273. The van der Waals surface area contributed by atoms with Crippen LogP contribution in [0.3, 0.4) is 0 Å². The fourth-order valence-electron chi connectivity index (χ4n) is 2.98. The minimum Gasteiger partial charge on any atom is -0.504 e. The quantitative estimate of drug-likeness (QED) is 0.578. The van der Waals surface area contributed by atoms with E-state index in [9.17, 15) is 15.2 Å². The van der Waals surface area contributed by atoms with Gasteiger partial charge in [0.1, 0.15) is 11.6 Å². The monoisotopic (exact) mass is 393 g/mol. The molecule has 2 aromatic carbocycles. The molecule has 1 fully saturated rings. The van der Waals surface area contributed by atoms with Crippen molar-refractivity contribution in [1.82, 2.24) is 0 Å². The Balaban J connectivity index is 1.70. The Bertz CT molecular complexity index is 926. The molecule has 2 N–H and O–H groups in total. The lowest BCUT2D eigenvalue weighted by Gasteiger charge is -2.28. The van der Waals surface area contributed by atoms with Gasteiger partial charge in [0.25, 0.3) is 5.91 Å². The van der Waals surface area contributed by atoms with Gasteiger partial charge in [0.15, 0.2) is 11.5 Å². The molecule has 0 aliphatic carbocycles. The lowest BCUT2D eigenvalue weighted by Crippen LogP contribution is -2.36. The van der Waals surface area contributed by atoms with Crippen LogP contribution in [0.25, 0.3) is 6.08 Å². The van der Waals surface area contributed by atoms with Crippen LogP contribution in [-0.2, 0) is 9.53 Å². The van der Waals surface area contributed by atoms with E-state index in [0.29, 0.717) is 36.8 Å². The molecule has 29 heavy (non-hydrogen) atoms. The number of benzene rings is 2. The first-order valence-electron chi connectivity index (χ1n) is 9.42. The lowest BCUT2D eigenvalue weighted by atomic mass is 10.1. The molecule has 1 saturated heterocycles. The Kier molecular flexibility index (Phi) is 6.72. The van der Waals surface area contributed by atoms with Crippen LogP contribution in [0.1, 0.15) is 12.5 Å². The van der Waals surface area contributed by atoms with Crippen LogP contribution in [0, 0.1) is 11.3 Å². The number of aromatic hydroxyl groups is 1. The smallest absolute Gasteiger partial charge is 0.266 e. The van der Waals surface area contributed by atoms with Crippen LogP contribution in [-0.4, -0.2) is 43.9 Å². The minimum atomic E-state index is -0.502. The van der Waals surface area contributed by atoms with E-state index >= 15 is 0 Å². The van der Waals surface area contributed by atoms with Crippen molar-refractivity contribution in [2.75, 3.05) is 43.1 Å². The third kappa shape index (κ3) is 5.27. The van der Waals surface area contributed by atoms with Gasteiger partial charge in [-0.2, -0.15) is 5.26 Å². The lowest BCUT2D eigenvalue weighted by molar-refractivity contribution is -0.112. The molecule has 0 bridgehead atoms. The minimum absolute atomic E-state index is 0.00677. The number of nitriles is 1. The fourth-order valence-corrected chi connectivity index (χ4v) is 2.98. The van der Waals surface area contributed by atoms with Crippen molar-refractivity contribution in [3.8, 4) is 17.6 Å². The molecule has 0 saturated carbocycles. The van der Waals surface area contributed by atoms with E-state index < -0.39 is 5.91 Å². The number of hydrogen-bond donors (Lipinski definition) is 2. The van der Waals surface area contributed by atoms with Crippen molar-refractivity contribution in [2.24, 2.45) is 0 Å². The van der Waals surface area contributed by atoms with Gasteiger partial charge in [0, 0.05) is 24.5 Å². The van der Waals surface area contributed by atoms with E-state index in [1.54, 1.807) is 19.1 Å². The molecule has 2 aromatic rings. The average molecular weight is 393 g/mol. The topological polar surface area (TPSA) is 94.8 Å². The van der Waals surface area contributed by atoms with Crippen LogP contribution in [0.2, 0.25) is 0 Å². The summed E-state index contributed by atoms with van der Waals surface area (Å²) in [5.41, 5.74) is 2.21. The van der Waals surface area contributed by atoms with Crippen molar-refractivity contribution < 1.29 is 19.4 Å². The van der Waals surface area contributed by atoms with E-state index in [4.69, 9.17) is 9.47 Å². The van der Waals surface area contributed by atoms with Crippen LogP contribution in [0.4, 0.5) is 11.4 Å². The second-order valence-corrected chi connectivity index (χ2v) is 6.43. The summed E-state index contributed by atoms with van der Waals surface area (Å²) in [5, 5.41) is 21.9. The summed E-state index contributed by atoms with van der Waals surface area (Å²) in [6.45, 7) is 5.29. The highest BCUT2D eigenvalue weighted by Crippen LogP contribution is 2.28. The van der Waals surface area contributed by atoms with E-state index in [0.717, 1.165) is 18.8 Å². The molecule has 150 valence electrons. The maximum atomic E-state index is 12.5. The standard InChI is InChI=1S/C22H23N3O4/c1-2-29-21-14-16(3-8-20(21)26)13-17(15-23)22(27)24-18-4-6-19(7-5-18)25-9-11-28-12-10-25/h3-8,13-14,26H,2,9-12H2,1H3,(H,24,27). The largest absolute Gasteiger partial charge is 0.504 e. The number of rotatable bonds is 6. The van der Waals surface area contributed by atoms with Gasteiger partial charge >= 0.3 is 0 Å². The summed E-state index contributed by atoms with van der Waals surface area (Å²) < 4.78 is 10.7. The number of carbonyl (C=O) groups is 1. The summed E-state index contributed by atoms with van der Waals surface area (Å²) in [5.74, 6) is -0.192. The molecule has 1 amide bonds. The number of phenols is 1. The maximum Gasteiger partial charge on any atom is 0.266 e. The number of nitrogens with zero attached hydrogens (tertiary/aromatic N) is 2. The predicted octanol–water partition coefficient (Wildman–Crippen LogP) is 3.17. The Hall–Kier alpha value is -3.50. The zero-order chi connectivity index (χ0) is 20.6. The Morgan fingerprint density at radius 1 is 1.28 bits per heavy atom. The molecule has 0 radical (unpaired) electrons. The highest BCUT2D eigenvalue weighted by molar-refractivity contribution is 6.09. The number of nitrogens with one attached hydrogen (secondary N) is 1. The Morgan fingerprint density at radius 2 is 2.00 bits per heavy atom. The van der Waals surface area contributed by atoms with Gasteiger partial charge in [-0.05, 0) is 55.0 Å². The highest BCUT2D eigenvalue weighted by atomic mass is 16.5. The SMILES string of the molecule is CCOc1cc(C=C(C#N)C(=O)Nc2ccc(N3CCOCC3)cc2)ccc1O. The van der Waals surface area contributed by atoms with Crippen molar-refractivity contribution in [1.29, 1.82) is 5.26 Å². The molecule has 7 heteroatoms. The van der Waals surface area contributed by atoms with Crippen LogP contribution < -0.4 is 15.0 Å². The Labute approximate surface area is 169 Å². The second kappa shape index (κ2) is 9.62. The summed E-state index contributed by atoms with van der Waals surface area (Å²) in [7, 11) is 0. The summed E-state index contributed by atoms with van der Waals surface area (Å²) >= 11 is 0. The normalized spacial score (nSPS) is 14.2. The first-order valence-corrected chi connectivity index (χ1v) is 9.42. The van der Waals surface area contributed by atoms with Gasteiger partial charge < -0.3 is 24.8 Å². The third-order valence-corrected chi connectivity index (χ3v) is 4.46. The first-order chi connectivity index (χ1) is 14.1. The molecule has 1 aliphatic rings. The number of ether oxygens (including phenoxy) is 2. The van der Waals surface area contributed by atoms with Gasteiger partial charge in [0.2, 0.25) is 0 Å². The van der Waals surface area contributed by atoms with Crippen molar-refractivity contribution in [3.63, 3.8) is 0 Å². The average Bonchev–Trinajstić information content (AvgIpc) is 2.75. The van der Waals surface area contributed by atoms with Gasteiger partial charge in [-0.1, -0.05) is 6.07 Å². The number of morpholine rings is 1. The van der Waals surface area contributed by atoms with E-state index in [1.807, 2.05) is 30.3 Å². The number of carbonyl (C=O) groups excluding carboxylic acids is 1. The summed E-state index contributed by atoms with van der Waals surface area (Å²) in [6.07, 6.45) is 1.46. The van der Waals surface area contributed by atoms with Crippen molar-refractivity contribution in [2.45, 2.75) is 6.92 Å². The first kappa shape index (κ1) is 20.2. The van der Waals surface area contributed by atoms with Gasteiger partial charge in [-0.3, -0.25) is 4.79 Å². The second-order valence-electron chi connectivity index (χ2n) is 6.43. The maximum absolute atomic E-state index is 12.5. The number of hydrogen-bond acceptors (Lipinski definition) is 6. The molecule has 1 aliphatic heterocycles. The summed E-state index contributed by atoms with van der Waals surface area (Å²) in [6, 6.07) is 14.1. The molecule has 3 rings (SSSR count). The summed E-state index contributed by atoms with van der Waals surface area (Å²) in [4.78, 5) is 14.7. The van der Waals surface area contributed by atoms with Gasteiger partial charge in [0.05, 0.1) is 19.8 Å². The van der Waals surface area contributed by atoms with Crippen LogP contribution in [0.5, 0.6) is 11.5 Å². The molecular weight excluding hydrogens is 370 g/mol. The molecule has 0 unspecified atom stereocenters. The molecule has 0 spiro atoms. The number of phenolic OH excluding ortho intramolecular Hbond substituents is 1. The van der Waals surface area contributed by atoms with Crippen molar-refractivity contribution in [3.05, 3.63) is 53.6 Å². The predicted molar refractivity (Wildman–Crippen MR) is 111 cm³/mol. The molecule has 7 nitrogen and oxygen atoms in total. The Morgan fingerprint density at radius 3 is 2.66 bits per heavy atom. The van der Waals surface area contributed by atoms with Crippen LogP contribution in [0.15, 0.2) is 48.0 Å². The molecule has 0 atom stereocenters. The number of anilines is 2. The van der Waals surface area contributed by atoms with E-state index in [-0.39, 0.29) is 11.3 Å². The number of amides is 1. The zero-order valence-electron chi connectivity index (χ0n) is 16.2. The van der Waals surface area contributed by atoms with Gasteiger partial charge in [-0.15, -0.1) is 0 Å². The highest BCUT2D eigenvalue weighted by Gasteiger charge is 2.13. The van der Waals surface area contributed by atoms with E-state index in [2.05, 4.69) is 10.2 Å². The van der Waals surface area contributed by atoms with E-state index in [1.165, 1.54) is 12.1 Å². The third-order valence-electron chi connectivity index (χ3n) is 4.46. The van der Waals surface area contributed by atoms with Gasteiger partial charge in [-0.25, -0.2) is 0 Å². The molecule has 0 aromatic heterocycles. The zero-order valence-corrected chi connectivity index (χ0v) is 16.2. The molecule has 1 heterocycles.